The van der Waals surface area contributed by atoms with Gasteiger partial charge in [0.1, 0.15) is 5.82 Å². The Hall–Kier alpha value is -4.14. The number of aryl methyl sites for hydroxylation is 2. The standard InChI is InChI=1S/C23H22N8O/c1-3-6-20-19(22-27-28-23(32)31(22)14(2)24-20)13-15-9-11-16(12-10-15)17-7-4-5-8-18(17)21-25-29-30-26-21/h4-5,7-12H,3,6,13H2,1-2H3,(H,28,32)(H,25,26,29,30). The molecule has 5 rings (SSSR count). The van der Waals surface area contributed by atoms with E-state index in [0.29, 0.717) is 23.7 Å². The Morgan fingerprint density at radius 3 is 2.50 bits per heavy atom. The maximum absolute atomic E-state index is 12.2. The lowest BCUT2D eigenvalue weighted by Crippen LogP contribution is -2.16. The van der Waals surface area contributed by atoms with Crippen LogP contribution in [-0.4, -0.2) is 40.2 Å². The highest BCUT2D eigenvalue weighted by Crippen LogP contribution is 2.30. The van der Waals surface area contributed by atoms with Gasteiger partial charge in [-0.2, -0.15) is 5.10 Å². The minimum Gasteiger partial charge on any atom is -0.246 e. The first kappa shape index (κ1) is 19.8. The summed E-state index contributed by atoms with van der Waals surface area (Å²) in [4.78, 5) is 16.9. The van der Waals surface area contributed by atoms with Crippen LogP contribution in [0, 0.1) is 6.92 Å². The van der Waals surface area contributed by atoms with Crippen LogP contribution in [0.4, 0.5) is 0 Å². The second-order valence-corrected chi connectivity index (χ2v) is 7.69. The summed E-state index contributed by atoms with van der Waals surface area (Å²) < 4.78 is 1.55. The van der Waals surface area contributed by atoms with Crippen molar-refractivity contribution in [2.45, 2.75) is 33.1 Å². The van der Waals surface area contributed by atoms with Crippen molar-refractivity contribution >= 4 is 5.65 Å². The first-order valence-electron chi connectivity index (χ1n) is 10.5. The molecule has 5 aromatic rings. The molecule has 0 amide bonds. The molecule has 0 saturated heterocycles. The van der Waals surface area contributed by atoms with E-state index in [0.717, 1.165) is 46.4 Å². The highest BCUT2D eigenvalue weighted by molar-refractivity contribution is 5.80. The highest BCUT2D eigenvalue weighted by Gasteiger charge is 2.16. The number of nitrogens with one attached hydrogen (secondary N) is 2. The van der Waals surface area contributed by atoms with Crippen LogP contribution in [0.25, 0.3) is 28.2 Å². The first-order chi connectivity index (χ1) is 15.7. The second-order valence-electron chi connectivity index (χ2n) is 7.69. The topological polar surface area (TPSA) is 118 Å². The van der Waals surface area contributed by atoms with Gasteiger partial charge >= 0.3 is 5.69 Å². The van der Waals surface area contributed by atoms with E-state index in [2.05, 4.69) is 68.1 Å². The van der Waals surface area contributed by atoms with Gasteiger partial charge in [-0.25, -0.2) is 24.4 Å². The number of hydrogen-bond donors (Lipinski definition) is 2. The summed E-state index contributed by atoms with van der Waals surface area (Å²) in [6.07, 6.45) is 2.45. The van der Waals surface area contributed by atoms with Gasteiger partial charge < -0.3 is 0 Å². The van der Waals surface area contributed by atoms with Gasteiger partial charge in [0.25, 0.3) is 0 Å². The van der Waals surface area contributed by atoms with Crippen molar-refractivity contribution in [2.75, 3.05) is 0 Å². The Morgan fingerprint density at radius 1 is 1.00 bits per heavy atom. The molecule has 9 heteroatoms. The predicted molar refractivity (Wildman–Crippen MR) is 120 cm³/mol. The van der Waals surface area contributed by atoms with Gasteiger partial charge in [0.05, 0.1) is 0 Å². The molecule has 0 aliphatic rings. The average molecular weight is 426 g/mol. The highest BCUT2D eigenvalue weighted by atomic mass is 16.1. The summed E-state index contributed by atoms with van der Waals surface area (Å²) in [6, 6.07) is 16.4. The van der Waals surface area contributed by atoms with E-state index in [1.807, 2.05) is 25.1 Å². The van der Waals surface area contributed by atoms with E-state index in [4.69, 9.17) is 4.98 Å². The molecule has 0 aliphatic heterocycles. The quantitative estimate of drug-likeness (QED) is 0.431. The summed E-state index contributed by atoms with van der Waals surface area (Å²) in [5, 5.41) is 21.1. The molecule has 9 nitrogen and oxygen atoms in total. The van der Waals surface area contributed by atoms with Crippen LogP contribution in [0.5, 0.6) is 0 Å². The normalized spacial score (nSPS) is 11.3. The van der Waals surface area contributed by atoms with Gasteiger partial charge in [0.2, 0.25) is 0 Å². The molecule has 3 heterocycles. The summed E-state index contributed by atoms with van der Waals surface area (Å²) in [5.41, 5.74) is 6.53. The predicted octanol–water partition coefficient (Wildman–Crippen LogP) is 3.12. The van der Waals surface area contributed by atoms with E-state index in [-0.39, 0.29) is 5.69 Å². The number of aromatic amines is 2. The first-order valence-corrected chi connectivity index (χ1v) is 10.5. The molecule has 0 spiro atoms. The van der Waals surface area contributed by atoms with Crippen molar-refractivity contribution in [3.63, 3.8) is 0 Å². The van der Waals surface area contributed by atoms with E-state index < -0.39 is 0 Å². The molecule has 2 N–H and O–H groups in total. The molecule has 2 aromatic carbocycles. The van der Waals surface area contributed by atoms with Crippen LogP contribution in [-0.2, 0) is 12.8 Å². The summed E-state index contributed by atoms with van der Waals surface area (Å²) in [7, 11) is 0. The van der Waals surface area contributed by atoms with Crippen molar-refractivity contribution in [1.29, 1.82) is 0 Å². The average Bonchev–Trinajstić information content (AvgIpc) is 3.48. The molecule has 0 unspecified atom stereocenters. The molecule has 3 aromatic heterocycles. The van der Waals surface area contributed by atoms with Gasteiger partial charge in [0, 0.05) is 23.2 Å². The minimum absolute atomic E-state index is 0.261. The molecule has 0 bridgehead atoms. The fourth-order valence-corrected chi connectivity index (χ4v) is 4.09. The van der Waals surface area contributed by atoms with E-state index in [1.54, 1.807) is 4.40 Å². The molecule has 0 radical (unpaired) electrons. The van der Waals surface area contributed by atoms with Crippen LogP contribution in [0.2, 0.25) is 0 Å². The molecular formula is C23H22N8O. The van der Waals surface area contributed by atoms with Gasteiger partial charge in [-0.05, 0) is 40.5 Å². The molecule has 0 saturated carbocycles. The summed E-state index contributed by atoms with van der Waals surface area (Å²) in [6.45, 7) is 3.96. The second kappa shape index (κ2) is 8.18. The van der Waals surface area contributed by atoms with E-state index >= 15 is 0 Å². The zero-order chi connectivity index (χ0) is 22.1. The number of rotatable bonds is 6. The van der Waals surface area contributed by atoms with E-state index in [9.17, 15) is 4.79 Å². The number of H-pyrrole nitrogens is 2. The van der Waals surface area contributed by atoms with Crippen molar-refractivity contribution in [2.24, 2.45) is 0 Å². The number of benzene rings is 2. The van der Waals surface area contributed by atoms with Crippen molar-refractivity contribution in [3.8, 4) is 22.5 Å². The van der Waals surface area contributed by atoms with Gasteiger partial charge in [-0.15, -0.1) is 5.10 Å². The third-order valence-electron chi connectivity index (χ3n) is 5.57. The zero-order valence-electron chi connectivity index (χ0n) is 17.8. The molecular weight excluding hydrogens is 404 g/mol. The number of aromatic nitrogens is 8. The van der Waals surface area contributed by atoms with Gasteiger partial charge in [-0.1, -0.05) is 61.9 Å². The molecule has 0 aliphatic carbocycles. The summed E-state index contributed by atoms with van der Waals surface area (Å²) in [5.74, 6) is 1.28. The fraction of sp³-hybridized carbons (Fsp3) is 0.217. The maximum Gasteiger partial charge on any atom is 0.349 e. The molecule has 32 heavy (non-hydrogen) atoms. The Kier molecular flexibility index (Phi) is 5.06. The van der Waals surface area contributed by atoms with Crippen LogP contribution in [0.15, 0.2) is 53.3 Å². The van der Waals surface area contributed by atoms with Crippen LogP contribution >= 0.6 is 0 Å². The lowest BCUT2D eigenvalue weighted by molar-refractivity contribution is 0.819. The molecule has 0 fully saturated rings. The number of tetrazole rings is 1. The monoisotopic (exact) mass is 426 g/mol. The Morgan fingerprint density at radius 2 is 1.78 bits per heavy atom. The van der Waals surface area contributed by atoms with Crippen LogP contribution < -0.4 is 5.69 Å². The third-order valence-corrected chi connectivity index (χ3v) is 5.57. The number of fused-ring (bicyclic) bond motifs is 1. The molecule has 160 valence electrons. The smallest absolute Gasteiger partial charge is 0.246 e. The van der Waals surface area contributed by atoms with Crippen molar-refractivity contribution in [1.82, 2.24) is 40.2 Å². The lowest BCUT2D eigenvalue weighted by atomic mass is 9.96. The van der Waals surface area contributed by atoms with Crippen LogP contribution in [0.1, 0.15) is 36.0 Å². The van der Waals surface area contributed by atoms with Crippen molar-refractivity contribution in [3.05, 3.63) is 81.7 Å². The number of hydrogen-bond acceptors (Lipinski definition) is 6. The van der Waals surface area contributed by atoms with Crippen molar-refractivity contribution < 1.29 is 0 Å². The fourth-order valence-electron chi connectivity index (χ4n) is 4.09. The molecule has 0 atom stereocenters. The van der Waals surface area contributed by atoms with E-state index in [1.165, 1.54) is 0 Å². The number of nitrogens with zero attached hydrogens (tertiary/aromatic N) is 6. The minimum atomic E-state index is -0.261. The zero-order valence-corrected chi connectivity index (χ0v) is 17.8. The van der Waals surface area contributed by atoms with Gasteiger partial charge in [-0.3, -0.25) is 0 Å². The van der Waals surface area contributed by atoms with Gasteiger partial charge in [0.15, 0.2) is 11.5 Å². The maximum atomic E-state index is 12.2. The Balaban J connectivity index is 1.52. The summed E-state index contributed by atoms with van der Waals surface area (Å²) >= 11 is 0. The van der Waals surface area contributed by atoms with Crippen LogP contribution in [0.3, 0.4) is 0 Å². The lowest BCUT2D eigenvalue weighted by Gasteiger charge is -2.12. The largest absolute Gasteiger partial charge is 0.349 e. The Labute approximate surface area is 183 Å². The SMILES string of the molecule is CCCc1nc(C)n2c(=O)[nH]nc2c1Cc1ccc(-c2ccccc2-c2nnn[nH]2)cc1. The third kappa shape index (κ3) is 3.47. The Bertz CT molecular complexity index is 1430.